The van der Waals surface area contributed by atoms with Gasteiger partial charge in [-0.3, -0.25) is 0 Å². The highest BCUT2D eigenvalue weighted by molar-refractivity contribution is 7.26. The van der Waals surface area contributed by atoms with Crippen LogP contribution in [0.4, 0.5) is 0 Å². The van der Waals surface area contributed by atoms with Crippen molar-refractivity contribution in [3.8, 4) is 34.2 Å². The highest BCUT2D eigenvalue weighted by Gasteiger charge is 2.17. The summed E-state index contributed by atoms with van der Waals surface area (Å²) in [5, 5.41) is 9.51. The molecule has 3 aromatic heterocycles. The van der Waals surface area contributed by atoms with E-state index in [0.29, 0.717) is 17.5 Å². The number of hydrogen-bond acceptors (Lipinski definition) is 5. The van der Waals surface area contributed by atoms with E-state index in [0.717, 1.165) is 26.9 Å². The van der Waals surface area contributed by atoms with Gasteiger partial charge in [-0.15, -0.1) is 11.3 Å². The molecule has 4 nitrogen and oxygen atoms in total. The number of nitrogens with zero attached hydrogens (tertiary/aromatic N) is 4. The van der Waals surface area contributed by atoms with Gasteiger partial charge in [0.15, 0.2) is 17.5 Å². The molecule has 0 fully saturated rings. The first-order chi connectivity index (χ1) is 21.3. The van der Waals surface area contributed by atoms with Gasteiger partial charge in [0.2, 0.25) is 0 Å². The molecule has 0 aliphatic rings. The molecule has 0 saturated heterocycles. The first-order valence-corrected chi connectivity index (χ1v) is 15.0. The summed E-state index contributed by atoms with van der Waals surface area (Å²) in [4.78, 5) is 20.9. The summed E-state index contributed by atoms with van der Waals surface area (Å²) in [6.45, 7) is 0. The summed E-state index contributed by atoms with van der Waals surface area (Å²) in [5.41, 5.74) is 2.90. The molecule has 0 aliphatic carbocycles. The maximum Gasteiger partial charge on any atom is 0.164 e. The lowest BCUT2D eigenvalue weighted by Gasteiger charge is -2.11. The third-order valence-electron chi connectivity index (χ3n) is 8.19. The van der Waals surface area contributed by atoms with Gasteiger partial charge in [0, 0.05) is 43.7 Å². The molecule has 9 rings (SSSR count). The number of aromatic nitrogens is 4. The van der Waals surface area contributed by atoms with Gasteiger partial charge >= 0.3 is 0 Å². The molecule has 3 heterocycles. The second-order valence-corrected chi connectivity index (χ2v) is 11.7. The summed E-state index contributed by atoms with van der Waals surface area (Å²) in [6.07, 6.45) is 1.86. The minimum absolute atomic E-state index is 0.655. The van der Waals surface area contributed by atoms with Crippen LogP contribution < -0.4 is 0 Å². The van der Waals surface area contributed by atoms with Gasteiger partial charge in [-0.05, 0) is 45.1 Å². The zero-order valence-corrected chi connectivity index (χ0v) is 23.7. The van der Waals surface area contributed by atoms with E-state index >= 15 is 0 Å². The minimum Gasteiger partial charge on any atom is -0.245 e. The predicted octanol–water partition coefficient (Wildman–Crippen LogP) is 10.1. The van der Waals surface area contributed by atoms with E-state index in [1.165, 1.54) is 42.4 Å². The predicted molar refractivity (Wildman–Crippen MR) is 179 cm³/mol. The first kappa shape index (κ1) is 24.1. The molecule has 9 aromatic rings. The molecule has 5 heteroatoms. The van der Waals surface area contributed by atoms with Gasteiger partial charge in [0.05, 0.1) is 0 Å². The molecule has 0 bridgehead atoms. The Bertz CT molecular complexity index is 2520. The Morgan fingerprint density at radius 1 is 0.419 bits per heavy atom. The number of benzene rings is 6. The van der Waals surface area contributed by atoms with E-state index in [-0.39, 0.29) is 0 Å². The Morgan fingerprint density at radius 3 is 2.00 bits per heavy atom. The summed E-state index contributed by atoms with van der Waals surface area (Å²) < 4.78 is 1.23. The number of hydrogen-bond donors (Lipinski definition) is 0. The van der Waals surface area contributed by atoms with E-state index in [4.69, 9.17) is 15.0 Å². The molecule has 0 saturated carbocycles. The Hall–Kier alpha value is -5.52. The largest absolute Gasteiger partial charge is 0.245 e. The van der Waals surface area contributed by atoms with Crippen LogP contribution in [0.5, 0.6) is 0 Å². The number of thiophene rings is 1. The lowest BCUT2D eigenvalue weighted by molar-refractivity contribution is 1.08. The maximum absolute atomic E-state index is 5.13. The summed E-state index contributed by atoms with van der Waals surface area (Å²) in [5.74, 6) is 1.97. The van der Waals surface area contributed by atoms with Gasteiger partial charge in [-0.2, -0.15) is 0 Å². The maximum atomic E-state index is 5.13. The van der Waals surface area contributed by atoms with Crippen molar-refractivity contribution in [2.75, 3.05) is 0 Å². The van der Waals surface area contributed by atoms with Crippen LogP contribution >= 0.6 is 11.3 Å². The van der Waals surface area contributed by atoms with Crippen LogP contribution in [0.1, 0.15) is 0 Å². The van der Waals surface area contributed by atoms with Crippen molar-refractivity contribution in [2.24, 2.45) is 0 Å². The van der Waals surface area contributed by atoms with E-state index in [1.54, 1.807) is 11.3 Å². The molecule has 0 aliphatic heterocycles. The van der Waals surface area contributed by atoms with Crippen LogP contribution in [0.2, 0.25) is 0 Å². The van der Waals surface area contributed by atoms with Crippen LogP contribution in [-0.2, 0) is 0 Å². The molecular weight excluding hydrogens is 545 g/mol. The van der Waals surface area contributed by atoms with Crippen LogP contribution in [0.15, 0.2) is 134 Å². The minimum atomic E-state index is 0.655. The molecule has 0 spiro atoms. The SMILES string of the molecule is c1ccc(-c2nc(-c3ccc4ccc5ccccc5c4c3)nc(-c3cccc4c3ccc3c5cccnc5sc43)n2)cc1. The average Bonchev–Trinajstić information content (AvgIpc) is 3.47. The van der Waals surface area contributed by atoms with Crippen molar-refractivity contribution in [3.05, 3.63) is 134 Å². The van der Waals surface area contributed by atoms with E-state index in [1.807, 2.05) is 42.6 Å². The van der Waals surface area contributed by atoms with E-state index < -0.39 is 0 Å². The summed E-state index contributed by atoms with van der Waals surface area (Å²) in [6, 6.07) is 44.4. The van der Waals surface area contributed by atoms with Gasteiger partial charge in [0.25, 0.3) is 0 Å². The number of pyridine rings is 1. The fraction of sp³-hybridized carbons (Fsp3) is 0. The fourth-order valence-corrected chi connectivity index (χ4v) is 7.27. The van der Waals surface area contributed by atoms with Crippen molar-refractivity contribution in [3.63, 3.8) is 0 Å². The van der Waals surface area contributed by atoms with Crippen molar-refractivity contribution >= 4 is 64.0 Å². The highest BCUT2D eigenvalue weighted by Crippen LogP contribution is 2.40. The van der Waals surface area contributed by atoms with Crippen LogP contribution in [0.3, 0.4) is 0 Å². The van der Waals surface area contributed by atoms with Gasteiger partial charge in [-0.1, -0.05) is 109 Å². The van der Waals surface area contributed by atoms with Crippen molar-refractivity contribution in [1.29, 1.82) is 0 Å². The lowest BCUT2D eigenvalue weighted by Crippen LogP contribution is -2.00. The first-order valence-electron chi connectivity index (χ1n) is 14.2. The molecular formula is C38H22N4S. The standard InChI is InChI=1S/C38H22N4S/c1-2-9-25(10-3-1)35-40-36(26-18-17-24-16-15-23-8-4-5-11-27(23)33(24)22-26)42-37(41-35)31-13-6-12-29-28(31)19-20-30-32-14-7-21-39-38(32)43-34(29)30/h1-22H. The van der Waals surface area contributed by atoms with Gasteiger partial charge in [0.1, 0.15) is 4.83 Å². The fourth-order valence-electron chi connectivity index (χ4n) is 6.10. The summed E-state index contributed by atoms with van der Waals surface area (Å²) >= 11 is 1.73. The monoisotopic (exact) mass is 566 g/mol. The van der Waals surface area contributed by atoms with Crippen LogP contribution in [0.25, 0.3) is 86.8 Å². The van der Waals surface area contributed by atoms with Crippen LogP contribution in [-0.4, -0.2) is 19.9 Å². The number of rotatable bonds is 3. The topological polar surface area (TPSA) is 51.6 Å². The average molecular weight is 567 g/mol. The molecule has 0 amide bonds. The third kappa shape index (κ3) is 3.90. The molecule has 0 unspecified atom stereocenters. The molecule has 0 radical (unpaired) electrons. The molecule has 0 N–H and O–H groups in total. The van der Waals surface area contributed by atoms with E-state index in [2.05, 4.69) is 96.0 Å². The van der Waals surface area contributed by atoms with Crippen molar-refractivity contribution < 1.29 is 0 Å². The normalized spacial score (nSPS) is 11.7. The smallest absolute Gasteiger partial charge is 0.164 e. The lowest BCUT2D eigenvalue weighted by atomic mass is 9.99. The highest BCUT2D eigenvalue weighted by atomic mass is 32.1. The van der Waals surface area contributed by atoms with E-state index in [9.17, 15) is 0 Å². The second-order valence-electron chi connectivity index (χ2n) is 10.7. The van der Waals surface area contributed by atoms with Crippen molar-refractivity contribution in [1.82, 2.24) is 19.9 Å². The molecule has 6 aromatic carbocycles. The second kappa shape index (κ2) is 9.51. The Morgan fingerprint density at radius 2 is 1.09 bits per heavy atom. The molecule has 43 heavy (non-hydrogen) atoms. The zero-order chi connectivity index (χ0) is 28.3. The third-order valence-corrected chi connectivity index (χ3v) is 9.35. The quantitative estimate of drug-likeness (QED) is 0.200. The van der Waals surface area contributed by atoms with Crippen LogP contribution in [0, 0.1) is 0 Å². The molecule has 200 valence electrons. The zero-order valence-electron chi connectivity index (χ0n) is 22.9. The molecule has 0 atom stereocenters. The van der Waals surface area contributed by atoms with Gasteiger partial charge < -0.3 is 0 Å². The Kier molecular flexibility index (Phi) is 5.33. The van der Waals surface area contributed by atoms with Gasteiger partial charge in [-0.25, -0.2) is 19.9 Å². The Balaban J connectivity index is 1.30. The number of fused-ring (bicyclic) bond motifs is 8. The summed E-state index contributed by atoms with van der Waals surface area (Å²) in [7, 11) is 0. The Labute approximate surface area is 251 Å². The van der Waals surface area contributed by atoms with Crippen molar-refractivity contribution in [2.45, 2.75) is 0 Å².